The molecule has 0 aliphatic heterocycles. The van der Waals surface area contributed by atoms with Crippen molar-refractivity contribution in [3.63, 3.8) is 0 Å². The maximum Gasteiger partial charge on any atom is 0.121 e. The van der Waals surface area contributed by atoms with Gasteiger partial charge in [0.05, 0.1) is 24.4 Å². The van der Waals surface area contributed by atoms with Crippen molar-refractivity contribution in [2.24, 2.45) is 0 Å². The number of aromatic nitrogens is 1. The van der Waals surface area contributed by atoms with Crippen LogP contribution < -0.4 is 10.1 Å². The second kappa shape index (κ2) is 7.34. The lowest BCUT2D eigenvalue weighted by molar-refractivity contribution is 0.415. The molecule has 1 heterocycles. The average molecular weight is 269 g/mol. The van der Waals surface area contributed by atoms with E-state index in [-0.39, 0.29) is 0 Å². The molecule has 0 atom stereocenters. The van der Waals surface area contributed by atoms with Gasteiger partial charge in [-0.1, -0.05) is 12.5 Å². The van der Waals surface area contributed by atoms with Crippen molar-refractivity contribution < 1.29 is 4.74 Å². The highest BCUT2D eigenvalue weighted by Crippen LogP contribution is 2.27. The molecule has 1 N–H and O–H groups in total. The molecule has 0 saturated heterocycles. The number of pyridine rings is 1. The summed E-state index contributed by atoms with van der Waals surface area (Å²) >= 11 is 0. The number of methoxy groups -OCH3 is 1. The van der Waals surface area contributed by atoms with Crippen molar-refractivity contribution in [2.45, 2.75) is 25.7 Å². The van der Waals surface area contributed by atoms with Crippen molar-refractivity contribution in [1.82, 2.24) is 4.98 Å². The molecule has 0 unspecified atom stereocenters. The summed E-state index contributed by atoms with van der Waals surface area (Å²) in [5.41, 5.74) is 1.96. The Kier molecular flexibility index (Phi) is 5.19. The van der Waals surface area contributed by atoms with Crippen LogP contribution in [0.2, 0.25) is 0 Å². The third kappa shape index (κ3) is 3.61. The minimum atomic E-state index is 0.643. The van der Waals surface area contributed by atoms with Gasteiger partial charge in [0.2, 0.25) is 0 Å². The number of hydrogen-bond donors (Lipinski definition) is 1. The molecule has 0 bridgehead atoms. The minimum absolute atomic E-state index is 0.643. The summed E-state index contributed by atoms with van der Waals surface area (Å²) in [6.07, 6.45) is 5.52. The van der Waals surface area contributed by atoms with E-state index in [2.05, 4.69) is 16.4 Å². The van der Waals surface area contributed by atoms with Crippen molar-refractivity contribution in [3.05, 3.63) is 30.5 Å². The highest BCUT2D eigenvalue weighted by molar-refractivity contribution is 5.91. The number of nitrogens with one attached hydrogen (secondary N) is 1. The predicted octanol–water partition coefficient (Wildman–Crippen LogP) is 3.74. The lowest BCUT2D eigenvalue weighted by Crippen LogP contribution is -2.03. The van der Waals surface area contributed by atoms with Crippen LogP contribution in [0.4, 0.5) is 5.69 Å². The Labute approximate surface area is 119 Å². The second-order valence-corrected chi connectivity index (χ2v) is 4.65. The fourth-order valence-electron chi connectivity index (χ4n) is 2.15. The zero-order chi connectivity index (χ0) is 14.2. The van der Waals surface area contributed by atoms with E-state index in [0.29, 0.717) is 6.42 Å². The van der Waals surface area contributed by atoms with E-state index in [0.717, 1.165) is 48.1 Å². The molecule has 104 valence electrons. The molecular weight excluding hydrogens is 250 g/mol. The van der Waals surface area contributed by atoms with Crippen molar-refractivity contribution in [3.8, 4) is 11.8 Å². The van der Waals surface area contributed by atoms with Crippen LogP contribution in [0.25, 0.3) is 10.9 Å². The highest BCUT2D eigenvalue weighted by atomic mass is 16.5. The van der Waals surface area contributed by atoms with E-state index in [1.807, 2.05) is 24.3 Å². The third-order valence-corrected chi connectivity index (χ3v) is 3.19. The Morgan fingerprint density at radius 3 is 3.00 bits per heavy atom. The molecule has 0 amide bonds. The van der Waals surface area contributed by atoms with Crippen LogP contribution in [0.15, 0.2) is 30.5 Å². The Morgan fingerprint density at radius 2 is 2.20 bits per heavy atom. The molecular formula is C16H19N3O. The van der Waals surface area contributed by atoms with Gasteiger partial charge in [-0.2, -0.15) is 5.26 Å². The molecule has 20 heavy (non-hydrogen) atoms. The molecule has 0 radical (unpaired) electrons. The number of rotatable bonds is 7. The van der Waals surface area contributed by atoms with Crippen molar-refractivity contribution in [2.75, 3.05) is 19.0 Å². The summed E-state index contributed by atoms with van der Waals surface area (Å²) in [5.74, 6) is 0.831. The van der Waals surface area contributed by atoms with E-state index in [4.69, 9.17) is 10.00 Å². The first-order chi connectivity index (χ1) is 9.85. The van der Waals surface area contributed by atoms with Crippen LogP contribution in [0.5, 0.6) is 5.75 Å². The van der Waals surface area contributed by atoms with Gasteiger partial charge in [0.15, 0.2) is 0 Å². The summed E-state index contributed by atoms with van der Waals surface area (Å²) in [4.78, 5) is 4.42. The summed E-state index contributed by atoms with van der Waals surface area (Å²) in [5, 5.41) is 13.0. The Hall–Kier alpha value is -2.28. The van der Waals surface area contributed by atoms with Crippen LogP contribution in [-0.2, 0) is 0 Å². The molecule has 1 aromatic carbocycles. The van der Waals surface area contributed by atoms with E-state index in [1.165, 1.54) is 0 Å². The fraction of sp³-hybridized carbons (Fsp3) is 0.375. The monoisotopic (exact) mass is 269 g/mol. The normalized spacial score (nSPS) is 10.2. The third-order valence-electron chi connectivity index (χ3n) is 3.19. The molecule has 0 fully saturated rings. The quantitative estimate of drug-likeness (QED) is 0.778. The molecule has 0 aliphatic carbocycles. The van der Waals surface area contributed by atoms with Crippen LogP contribution in [-0.4, -0.2) is 18.6 Å². The van der Waals surface area contributed by atoms with Crippen LogP contribution in [0.1, 0.15) is 25.7 Å². The Balaban J connectivity index is 2.03. The molecule has 0 aliphatic rings. The fourth-order valence-corrected chi connectivity index (χ4v) is 2.15. The number of hydrogen-bond acceptors (Lipinski definition) is 4. The zero-order valence-electron chi connectivity index (χ0n) is 11.7. The highest BCUT2D eigenvalue weighted by Gasteiger charge is 2.05. The summed E-state index contributed by atoms with van der Waals surface area (Å²) in [7, 11) is 1.67. The van der Waals surface area contributed by atoms with Gasteiger partial charge in [-0.15, -0.1) is 0 Å². The topological polar surface area (TPSA) is 57.9 Å². The number of nitrogens with zero attached hydrogens (tertiary/aromatic N) is 2. The van der Waals surface area contributed by atoms with Gasteiger partial charge >= 0.3 is 0 Å². The number of fused-ring (bicyclic) bond motifs is 1. The van der Waals surface area contributed by atoms with Gasteiger partial charge in [0, 0.05) is 30.6 Å². The van der Waals surface area contributed by atoms with Gasteiger partial charge in [0.25, 0.3) is 0 Å². The Morgan fingerprint density at radius 1 is 1.30 bits per heavy atom. The van der Waals surface area contributed by atoms with Crippen molar-refractivity contribution in [1.29, 1.82) is 5.26 Å². The number of anilines is 1. The van der Waals surface area contributed by atoms with E-state index < -0.39 is 0 Å². The summed E-state index contributed by atoms with van der Waals surface area (Å²) in [6, 6.07) is 10.1. The zero-order valence-corrected chi connectivity index (χ0v) is 11.7. The minimum Gasteiger partial charge on any atom is -0.497 e. The smallest absolute Gasteiger partial charge is 0.121 e. The molecule has 0 spiro atoms. The molecule has 4 nitrogen and oxygen atoms in total. The van der Waals surface area contributed by atoms with E-state index >= 15 is 0 Å². The van der Waals surface area contributed by atoms with Gasteiger partial charge in [-0.25, -0.2) is 0 Å². The number of benzene rings is 1. The largest absolute Gasteiger partial charge is 0.497 e. The van der Waals surface area contributed by atoms with Crippen LogP contribution >= 0.6 is 0 Å². The standard InChI is InChI=1S/C16H19N3O/c1-20-14-11-13-7-6-10-19-16(13)15(12-14)18-9-5-3-2-4-8-17/h6-7,10-12,18H,2-5,9H2,1H3. The number of nitriles is 1. The van der Waals surface area contributed by atoms with Gasteiger partial charge in [-0.05, 0) is 25.0 Å². The first kappa shape index (κ1) is 14.1. The summed E-state index contributed by atoms with van der Waals surface area (Å²) in [6.45, 7) is 0.879. The Bertz CT molecular complexity index is 604. The molecule has 2 rings (SSSR count). The molecule has 4 heteroatoms. The molecule has 2 aromatic rings. The lowest BCUT2D eigenvalue weighted by atomic mass is 10.1. The average Bonchev–Trinajstić information content (AvgIpc) is 2.50. The number of unbranched alkanes of at least 4 members (excludes halogenated alkanes) is 3. The second-order valence-electron chi connectivity index (χ2n) is 4.65. The van der Waals surface area contributed by atoms with E-state index in [1.54, 1.807) is 13.3 Å². The molecule has 0 saturated carbocycles. The first-order valence-electron chi connectivity index (χ1n) is 6.88. The van der Waals surface area contributed by atoms with Crippen LogP contribution in [0, 0.1) is 11.3 Å². The van der Waals surface area contributed by atoms with Gasteiger partial charge in [-0.3, -0.25) is 4.98 Å². The van der Waals surface area contributed by atoms with Crippen LogP contribution in [0.3, 0.4) is 0 Å². The number of ether oxygens (including phenoxy) is 1. The van der Waals surface area contributed by atoms with Crippen molar-refractivity contribution >= 4 is 16.6 Å². The lowest BCUT2D eigenvalue weighted by Gasteiger charge is -2.11. The maximum absolute atomic E-state index is 8.49. The molecule has 1 aromatic heterocycles. The summed E-state index contributed by atoms with van der Waals surface area (Å²) < 4.78 is 5.32. The van der Waals surface area contributed by atoms with Gasteiger partial charge < -0.3 is 10.1 Å². The van der Waals surface area contributed by atoms with E-state index in [9.17, 15) is 0 Å². The maximum atomic E-state index is 8.49. The SMILES string of the molecule is COc1cc(NCCCCCC#N)c2ncccc2c1. The van der Waals surface area contributed by atoms with Gasteiger partial charge in [0.1, 0.15) is 5.75 Å². The predicted molar refractivity (Wildman–Crippen MR) is 80.9 cm³/mol. The first-order valence-corrected chi connectivity index (χ1v) is 6.88.